The van der Waals surface area contributed by atoms with Crippen LogP contribution in [-0.4, -0.2) is 52.9 Å². The first kappa shape index (κ1) is 33.5. The van der Waals surface area contributed by atoms with Crippen LogP contribution in [0, 0.1) is 11.6 Å². The molecule has 0 heterocycles. The number of ether oxygens (including phenoxy) is 1. The number of amides is 2. The van der Waals surface area contributed by atoms with Gasteiger partial charge in [-0.05, 0) is 71.6 Å². The molecule has 0 bridgehead atoms. The topological polar surface area (TPSA) is 82.1 Å². The van der Waals surface area contributed by atoms with Gasteiger partial charge in [-0.3, -0.25) is 14.8 Å². The summed E-state index contributed by atoms with van der Waals surface area (Å²) >= 11 is 6.73. The molecule has 4 rings (SSSR count). The molecule has 0 aliphatic rings. The summed E-state index contributed by atoms with van der Waals surface area (Å²) < 4.78 is 36.4. The van der Waals surface area contributed by atoms with Gasteiger partial charge in [-0.15, -0.1) is 0 Å². The van der Waals surface area contributed by atoms with Crippen LogP contribution >= 0.6 is 23.5 Å². The molecule has 43 heavy (non-hydrogen) atoms. The molecule has 0 aliphatic heterocycles. The molecule has 0 fully saturated rings. The van der Waals surface area contributed by atoms with Gasteiger partial charge in [-0.2, -0.15) is 0 Å². The van der Waals surface area contributed by atoms with Crippen LogP contribution in [0.15, 0.2) is 95.9 Å². The minimum absolute atomic E-state index is 0.148. The molecular formula is C32H32ClF2N3O4S. The number of benzene rings is 4. The van der Waals surface area contributed by atoms with Crippen molar-refractivity contribution >= 4 is 35.4 Å². The normalized spacial score (nSPS) is 10.5. The van der Waals surface area contributed by atoms with Gasteiger partial charge in [0.05, 0.1) is 6.54 Å². The number of halogens is 3. The fraction of sp³-hybridized carbons (Fsp3) is 0.188. The minimum atomic E-state index is -0.944. The first-order valence-corrected chi connectivity index (χ1v) is 14.6. The first-order chi connectivity index (χ1) is 20.7. The van der Waals surface area contributed by atoms with Gasteiger partial charge in [0.1, 0.15) is 5.75 Å². The summed E-state index contributed by atoms with van der Waals surface area (Å²) in [5.41, 5.74) is 4.05. The Bertz CT molecular complexity index is 1470. The number of likely N-dealkylation sites (N-methyl/N-ethyl adjacent to an activating group) is 1. The van der Waals surface area contributed by atoms with Crippen molar-refractivity contribution in [3.63, 3.8) is 0 Å². The summed E-state index contributed by atoms with van der Waals surface area (Å²) in [5.74, 6) is -3.23. The molecule has 0 atom stereocenters. The molecule has 0 spiro atoms. The van der Waals surface area contributed by atoms with E-state index in [2.05, 4.69) is 0 Å². The van der Waals surface area contributed by atoms with E-state index in [1.807, 2.05) is 56.3 Å². The van der Waals surface area contributed by atoms with Crippen LogP contribution in [0.2, 0.25) is 5.02 Å². The van der Waals surface area contributed by atoms with Crippen LogP contribution in [0.5, 0.6) is 11.5 Å². The fourth-order valence-electron chi connectivity index (χ4n) is 3.83. The molecule has 11 heteroatoms. The second kappa shape index (κ2) is 16.6. The SMILES string of the molecule is CC.CN(CCN(CC(=O)NO)Sc1cc(F)c(Oc2ccc(Cl)cc2)c(F)c1)C(=O)c1ccc(-c2ccccc2)cc1. The van der Waals surface area contributed by atoms with E-state index in [0.29, 0.717) is 10.6 Å². The zero-order valence-corrected chi connectivity index (χ0v) is 25.5. The Balaban J connectivity index is 0.00000248. The Morgan fingerprint density at radius 3 is 2.05 bits per heavy atom. The number of nitrogens with one attached hydrogen (secondary N) is 1. The molecule has 0 saturated carbocycles. The largest absolute Gasteiger partial charge is 0.451 e. The molecule has 0 unspecified atom stereocenters. The highest BCUT2D eigenvalue weighted by molar-refractivity contribution is 7.97. The van der Waals surface area contributed by atoms with Crippen molar-refractivity contribution in [2.24, 2.45) is 0 Å². The van der Waals surface area contributed by atoms with E-state index in [1.54, 1.807) is 24.7 Å². The number of rotatable bonds is 11. The minimum Gasteiger partial charge on any atom is -0.451 e. The molecule has 0 aliphatic carbocycles. The van der Waals surface area contributed by atoms with Gasteiger partial charge in [0.15, 0.2) is 17.4 Å². The van der Waals surface area contributed by atoms with Crippen LogP contribution in [-0.2, 0) is 4.79 Å². The van der Waals surface area contributed by atoms with Crippen molar-refractivity contribution in [2.45, 2.75) is 18.7 Å². The Kier molecular flexibility index (Phi) is 13.0. The number of carbonyl (C=O) groups excluding carboxylic acids is 2. The quantitative estimate of drug-likeness (QED) is 0.101. The van der Waals surface area contributed by atoms with Crippen LogP contribution in [0.1, 0.15) is 24.2 Å². The second-order valence-electron chi connectivity index (χ2n) is 8.93. The Morgan fingerprint density at radius 2 is 1.47 bits per heavy atom. The highest BCUT2D eigenvalue weighted by atomic mass is 35.5. The molecule has 0 saturated heterocycles. The molecule has 2 N–H and O–H groups in total. The van der Waals surface area contributed by atoms with Gasteiger partial charge in [-0.1, -0.05) is 67.9 Å². The predicted octanol–water partition coefficient (Wildman–Crippen LogP) is 7.69. The lowest BCUT2D eigenvalue weighted by atomic mass is 10.0. The van der Waals surface area contributed by atoms with Gasteiger partial charge in [-0.25, -0.2) is 18.6 Å². The number of carbonyl (C=O) groups is 2. The van der Waals surface area contributed by atoms with Crippen molar-refractivity contribution in [3.8, 4) is 22.6 Å². The number of hydrogen-bond donors (Lipinski definition) is 2. The van der Waals surface area contributed by atoms with Gasteiger partial charge in [0.25, 0.3) is 11.8 Å². The Hall–Kier alpha value is -3.96. The summed E-state index contributed by atoms with van der Waals surface area (Å²) in [5, 5.41) is 9.46. The maximum atomic E-state index is 14.8. The van der Waals surface area contributed by atoms with E-state index in [9.17, 15) is 18.4 Å². The lowest BCUT2D eigenvalue weighted by molar-refractivity contribution is -0.129. The lowest BCUT2D eigenvalue weighted by Gasteiger charge is -2.24. The Morgan fingerprint density at radius 1 is 0.884 bits per heavy atom. The van der Waals surface area contributed by atoms with Crippen LogP contribution in [0.3, 0.4) is 0 Å². The van der Waals surface area contributed by atoms with Gasteiger partial charge in [0, 0.05) is 35.6 Å². The monoisotopic (exact) mass is 627 g/mol. The summed E-state index contributed by atoms with van der Waals surface area (Å²) in [6.07, 6.45) is 0. The lowest BCUT2D eigenvalue weighted by Crippen LogP contribution is -2.38. The zero-order valence-electron chi connectivity index (χ0n) is 23.9. The van der Waals surface area contributed by atoms with E-state index >= 15 is 0 Å². The summed E-state index contributed by atoms with van der Waals surface area (Å²) in [7, 11) is 1.62. The second-order valence-corrected chi connectivity index (χ2v) is 10.5. The van der Waals surface area contributed by atoms with Crippen molar-refractivity contribution in [1.82, 2.24) is 14.7 Å². The maximum absolute atomic E-state index is 14.8. The van der Waals surface area contributed by atoms with Crippen molar-refractivity contribution in [2.75, 3.05) is 26.7 Å². The van der Waals surface area contributed by atoms with E-state index in [1.165, 1.54) is 33.5 Å². The molecule has 2 amide bonds. The molecule has 0 aromatic heterocycles. The predicted molar refractivity (Wildman–Crippen MR) is 165 cm³/mol. The van der Waals surface area contributed by atoms with Gasteiger partial charge < -0.3 is 9.64 Å². The Labute approximate surface area is 259 Å². The molecule has 0 radical (unpaired) electrons. The molecule has 4 aromatic carbocycles. The van der Waals surface area contributed by atoms with Crippen LogP contribution in [0.25, 0.3) is 11.1 Å². The summed E-state index contributed by atoms with van der Waals surface area (Å²) in [6, 6.07) is 25.2. The van der Waals surface area contributed by atoms with E-state index < -0.39 is 23.3 Å². The smallest absolute Gasteiger partial charge is 0.258 e. The number of hydrogen-bond acceptors (Lipinski definition) is 6. The highest BCUT2D eigenvalue weighted by Gasteiger charge is 2.20. The highest BCUT2D eigenvalue weighted by Crippen LogP contribution is 2.33. The van der Waals surface area contributed by atoms with Crippen molar-refractivity contribution < 1.29 is 28.3 Å². The third-order valence-corrected chi connectivity index (χ3v) is 7.22. The molecule has 226 valence electrons. The standard InChI is InChI=1S/C30H26ClF2N3O4S.C2H6/c1-35(30(38)22-9-7-21(8-10-22)20-5-3-2-4-6-20)15-16-36(19-28(37)34-39)41-25-17-26(32)29(27(33)18-25)40-24-13-11-23(31)12-14-24;1-2/h2-14,17-18,39H,15-16,19H2,1H3,(H,34,37);1-2H3. The summed E-state index contributed by atoms with van der Waals surface area (Å²) in [4.78, 5) is 26.5. The van der Waals surface area contributed by atoms with Gasteiger partial charge >= 0.3 is 0 Å². The van der Waals surface area contributed by atoms with Gasteiger partial charge in [0.2, 0.25) is 0 Å². The van der Waals surface area contributed by atoms with E-state index in [0.717, 1.165) is 35.2 Å². The molecule has 7 nitrogen and oxygen atoms in total. The van der Waals surface area contributed by atoms with E-state index in [4.69, 9.17) is 21.5 Å². The molecule has 4 aromatic rings. The first-order valence-electron chi connectivity index (χ1n) is 13.4. The van der Waals surface area contributed by atoms with Crippen molar-refractivity contribution in [3.05, 3.63) is 113 Å². The average molecular weight is 628 g/mol. The summed E-state index contributed by atoms with van der Waals surface area (Å²) in [6.45, 7) is 4.03. The molecular weight excluding hydrogens is 596 g/mol. The van der Waals surface area contributed by atoms with Crippen LogP contribution in [0.4, 0.5) is 8.78 Å². The zero-order chi connectivity index (χ0) is 31.4. The van der Waals surface area contributed by atoms with Crippen LogP contribution < -0.4 is 10.2 Å². The number of hydroxylamine groups is 1. The fourth-order valence-corrected chi connectivity index (χ4v) is 4.92. The third kappa shape index (κ3) is 9.79. The number of nitrogens with zero attached hydrogens (tertiary/aromatic N) is 2. The average Bonchev–Trinajstić information content (AvgIpc) is 3.03. The maximum Gasteiger partial charge on any atom is 0.258 e. The third-order valence-electron chi connectivity index (χ3n) is 5.95. The van der Waals surface area contributed by atoms with Crippen molar-refractivity contribution in [1.29, 1.82) is 0 Å². The van der Waals surface area contributed by atoms with E-state index in [-0.39, 0.29) is 36.2 Å².